The molecule has 2 aromatic heterocycles. The fourth-order valence-corrected chi connectivity index (χ4v) is 23.6. The molecule has 0 fully saturated rings. The van der Waals surface area contributed by atoms with Gasteiger partial charge in [0.15, 0.2) is 0 Å². The standard InChI is InChI=1S/C133H84B2N2O2/c1-83-68-124-128-126(69-83)138-132-116(110-62-33-27-54-102(110)89-46-19-7-20-47-89)75-97(105-57-25-23-52-100(105)87-42-15-5-16-43-87)79-120(132)134(128)118-77-96(86-40-13-4-14-41-86)74-115-113-72-93(65-67-122(113)136(124)130(115)118)91-50-35-51-94(70-91)104-56-29-31-60-108(104)109-61-32-30-59-107(109)99-81-125-129-127(82-99)139-133-117(111-63-34-28-55-103(111)90-48-21-8-22-49-90)76-98(106-58-26-24-53-101(106)88-44-17-6-18-45-88)80-121(133)135(129)119-78-95(85-38-11-3-12-39-85)73-114-112-71-92(84-36-9-2-10-37-84)64-66-123(112)137(125)131(114)119/h2-82H,1H3. The third kappa shape index (κ3) is 12.9. The fraction of sp³-hybridized carbons (Fsp3) is 0.00752. The Bertz CT molecular complexity index is 9180. The Morgan fingerprint density at radius 2 is 0.446 bits per heavy atom. The lowest BCUT2D eigenvalue weighted by molar-refractivity contribution is 0.488. The normalized spacial score (nSPS) is 12.3. The van der Waals surface area contributed by atoms with E-state index in [1.807, 2.05) is 0 Å². The Hall–Kier alpha value is -17.8. The molecule has 139 heavy (non-hydrogen) atoms. The number of hydrogen-bond donors (Lipinski definition) is 0. The van der Waals surface area contributed by atoms with E-state index in [2.05, 4.69) is 507 Å². The first-order valence-electron chi connectivity index (χ1n) is 48.2. The zero-order chi connectivity index (χ0) is 91.4. The van der Waals surface area contributed by atoms with Crippen LogP contribution in [-0.2, 0) is 0 Å². The molecule has 6 heteroatoms. The molecule has 4 aliphatic heterocycles. The highest BCUT2D eigenvalue weighted by atomic mass is 16.5. The predicted octanol–water partition coefficient (Wildman–Crippen LogP) is 31.1. The van der Waals surface area contributed by atoms with Gasteiger partial charge < -0.3 is 18.6 Å². The number of hydrogen-bond acceptors (Lipinski definition) is 2. The zero-order valence-electron chi connectivity index (χ0n) is 76.1. The summed E-state index contributed by atoms with van der Waals surface area (Å²) in [7, 11) is 0. The van der Waals surface area contributed by atoms with E-state index in [0.717, 1.165) is 206 Å². The van der Waals surface area contributed by atoms with Crippen molar-refractivity contribution in [1.29, 1.82) is 0 Å². The lowest BCUT2D eigenvalue weighted by atomic mass is 9.34. The van der Waals surface area contributed by atoms with Crippen molar-refractivity contribution in [2.45, 2.75) is 6.92 Å². The van der Waals surface area contributed by atoms with Crippen LogP contribution < -0.4 is 42.3 Å². The summed E-state index contributed by atoms with van der Waals surface area (Å²) in [6.07, 6.45) is 0. The molecule has 4 aliphatic rings. The number of aromatic nitrogens is 2. The number of aryl methyl sites for hydroxylation is 1. The number of benzene rings is 22. The second kappa shape index (κ2) is 32.2. The van der Waals surface area contributed by atoms with Crippen molar-refractivity contribution in [3.8, 4) is 201 Å². The lowest BCUT2D eigenvalue weighted by Crippen LogP contribution is -2.58. The highest BCUT2D eigenvalue weighted by Gasteiger charge is 2.46. The van der Waals surface area contributed by atoms with Crippen LogP contribution in [0.2, 0.25) is 0 Å². The van der Waals surface area contributed by atoms with Gasteiger partial charge in [-0.15, -0.1) is 0 Å². The van der Waals surface area contributed by atoms with Gasteiger partial charge in [-0.1, -0.05) is 413 Å². The van der Waals surface area contributed by atoms with E-state index >= 15 is 0 Å². The minimum atomic E-state index is -0.290. The van der Waals surface area contributed by atoms with Gasteiger partial charge in [-0.2, -0.15) is 0 Å². The summed E-state index contributed by atoms with van der Waals surface area (Å²) in [5.41, 5.74) is 49.0. The molecule has 0 spiro atoms. The molecule has 6 heterocycles. The summed E-state index contributed by atoms with van der Waals surface area (Å²) >= 11 is 0. The van der Waals surface area contributed by atoms with Crippen LogP contribution in [0.25, 0.3) is 222 Å². The van der Waals surface area contributed by atoms with Crippen LogP contribution in [0.3, 0.4) is 0 Å². The molecule has 28 rings (SSSR count). The fourth-order valence-electron chi connectivity index (χ4n) is 23.6. The van der Waals surface area contributed by atoms with Gasteiger partial charge in [0, 0.05) is 55.1 Å². The van der Waals surface area contributed by atoms with Crippen LogP contribution in [0.15, 0.2) is 491 Å². The molecule has 24 aromatic rings. The van der Waals surface area contributed by atoms with Crippen LogP contribution in [0, 0.1) is 6.92 Å². The zero-order valence-corrected chi connectivity index (χ0v) is 76.1. The maximum atomic E-state index is 8.14. The first-order chi connectivity index (χ1) is 68.9. The SMILES string of the molecule is Cc1cc2c3c(c1)-n1c4ccc(-c5cccc(-c6ccccc6-c6ccccc6-c6cc7c8c(c6)-n6c9ccc(-c%10ccccc%10)cc9c9cc(-c%10ccccc%10)cc(c96)B8c6cc(-c8ccccc8-c8ccccc8)cc(-c8ccccc8-c8ccccc8)c6O7)c5)cc4c4cc(-c5ccccc5)cc(c41)B3c1cc(-c3ccccc3-c3ccccc3)cc(-c3ccccc3-c3ccccc3)c1O2. The predicted molar refractivity (Wildman–Crippen MR) is 584 cm³/mol. The Morgan fingerprint density at radius 3 is 0.849 bits per heavy atom. The third-order valence-electron chi connectivity index (χ3n) is 29.7. The van der Waals surface area contributed by atoms with E-state index in [0.29, 0.717) is 0 Å². The topological polar surface area (TPSA) is 28.3 Å². The van der Waals surface area contributed by atoms with E-state index in [1.165, 1.54) is 76.8 Å². The monoisotopic (exact) mass is 1760 g/mol. The van der Waals surface area contributed by atoms with E-state index in [4.69, 9.17) is 9.47 Å². The average molecular weight is 1760 g/mol. The van der Waals surface area contributed by atoms with Gasteiger partial charge in [0.25, 0.3) is 13.4 Å². The number of nitrogens with zero attached hydrogens (tertiary/aromatic N) is 2. The molecule has 22 aromatic carbocycles. The van der Waals surface area contributed by atoms with E-state index in [-0.39, 0.29) is 13.4 Å². The molecule has 0 saturated carbocycles. The molecular weight excluding hydrogens is 1680 g/mol. The first-order valence-corrected chi connectivity index (χ1v) is 48.2. The molecule has 0 saturated heterocycles. The molecule has 644 valence electrons. The van der Waals surface area contributed by atoms with Gasteiger partial charge in [0.2, 0.25) is 0 Å². The van der Waals surface area contributed by atoms with Crippen molar-refractivity contribution < 1.29 is 9.47 Å². The minimum Gasteiger partial charge on any atom is -0.458 e. The van der Waals surface area contributed by atoms with Gasteiger partial charge in [0.1, 0.15) is 23.0 Å². The molecule has 0 unspecified atom stereocenters. The van der Waals surface area contributed by atoms with Crippen molar-refractivity contribution in [2.24, 2.45) is 0 Å². The van der Waals surface area contributed by atoms with Gasteiger partial charge in [0.05, 0.1) is 11.0 Å². The lowest BCUT2D eigenvalue weighted by Gasteiger charge is -2.35. The quantitative estimate of drug-likeness (QED) is 0.0957. The Morgan fingerprint density at radius 1 is 0.173 bits per heavy atom. The summed E-state index contributed by atoms with van der Waals surface area (Å²) in [6.45, 7) is 1.71. The van der Waals surface area contributed by atoms with Gasteiger partial charge in [-0.3, -0.25) is 0 Å². The maximum absolute atomic E-state index is 8.14. The Labute approximate surface area is 807 Å². The summed E-state index contributed by atoms with van der Waals surface area (Å²) in [6, 6.07) is 183. The first kappa shape index (κ1) is 79.7. The minimum absolute atomic E-state index is 0.221. The Kier molecular flexibility index (Phi) is 18.5. The molecule has 0 bridgehead atoms. The highest BCUT2D eigenvalue weighted by molar-refractivity contribution is 7.00. The van der Waals surface area contributed by atoms with Crippen molar-refractivity contribution in [3.63, 3.8) is 0 Å². The highest BCUT2D eigenvalue weighted by Crippen LogP contribution is 2.53. The van der Waals surface area contributed by atoms with Gasteiger partial charge >= 0.3 is 0 Å². The second-order valence-electron chi connectivity index (χ2n) is 37.5. The Balaban J connectivity index is 0.624. The number of ether oxygens (including phenoxy) is 2. The van der Waals surface area contributed by atoms with Gasteiger partial charge in [-0.05, 0) is 280 Å². The average Bonchev–Trinajstić information content (AvgIpc) is 0.955. The summed E-state index contributed by atoms with van der Waals surface area (Å²) < 4.78 is 21.0. The van der Waals surface area contributed by atoms with Crippen LogP contribution in [0.5, 0.6) is 23.0 Å². The summed E-state index contributed by atoms with van der Waals surface area (Å²) in [5, 5.41) is 4.77. The van der Waals surface area contributed by atoms with E-state index in [1.54, 1.807) is 0 Å². The third-order valence-corrected chi connectivity index (χ3v) is 29.7. The van der Waals surface area contributed by atoms with Crippen molar-refractivity contribution >= 4 is 89.8 Å². The van der Waals surface area contributed by atoms with Crippen LogP contribution >= 0.6 is 0 Å². The van der Waals surface area contributed by atoms with Crippen LogP contribution in [0.1, 0.15) is 5.56 Å². The molecule has 0 atom stereocenters. The summed E-state index contributed by atoms with van der Waals surface area (Å²) in [4.78, 5) is 0. The molecule has 4 nitrogen and oxygen atoms in total. The smallest absolute Gasteiger partial charge is 0.256 e. The largest absolute Gasteiger partial charge is 0.458 e. The molecule has 0 amide bonds. The number of fused-ring (bicyclic) bond motifs is 14. The molecule has 0 radical (unpaired) electrons. The molecule has 0 N–H and O–H groups in total. The number of rotatable bonds is 15. The van der Waals surface area contributed by atoms with Crippen LogP contribution in [0.4, 0.5) is 0 Å². The molecular formula is C133H84B2N2O2. The second-order valence-corrected chi connectivity index (χ2v) is 37.5. The van der Waals surface area contributed by atoms with Crippen molar-refractivity contribution in [2.75, 3.05) is 0 Å². The van der Waals surface area contributed by atoms with Crippen LogP contribution in [-0.4, -0.2) is 22.6 Å². The van der Waals surface area contributed by atoms with Gasteiger partial charge in [-0.25, -0.2) is 0 Å². The maximum Gasteiger partial charge on any atom is 0.256 e. The van der Waals surface area contributed by atoms with E-state index < -0.39 is 0 Å². The molecule has 0 aliphatic carbocycles. The summed E-state index contributed by atoms with van der Waals surface area (Å²) in [5.74, 6) is 3.42. The van der Waals surface area contributed by atoms with E-state index in [9.17, 15) is 0 Å². The van der Waals surface area contributed by atoms with Crippen molar-refractivity contribution in [3.05, 3.63) is 497 Å². The van der Waals surface area contributed by atoms with Crippen molar-refractivity contribution in [1.82, 2.24) is 9.13 Å².